The van der Waals surface area contributed by atoms with Crippen LogP contribution in [0.25, 0.3) is 11.1 Å². The highest BCUT2D eigenvalue weighted by Crippen LogP contribution is 2.24. The molecule has 0 saturated carbocycles. The van der Waals surface area contributed by atoms with Crippen LogP contribution in [0.15, 0.2) is 27.5 Å². The quantitative estimate of drug-likeness (QED) is 0.778. The summed E-state index contributed by atoms with van der Waals surface area (Å²) in [5, 5.41) is 0. The van der Waals surface area contributed by atoms with Crippen molar-refractivity contribution in [2.45, 2.75) is 24.7 Å². The third-order valence-electron chi connectivity index (χ3n) is 2.15. The molecule has 0 fully saturated rings. The maximum Gasteiger partial charge on any atom is 0.261 e. The van der Waals surface area contributed by atoms with Crippen LogP contribution in [0.5, 0.6) is 0 Å². The van der Waals surface area contributed by atoms with Crippen molar-refractivity contribution in [3.8, 4) is 0 Å². The van der Waals surface area contributed by atoms with E-state index in [0.29, 0.717) is 17.0 Å². The molecule has 1 heterocycles. The van der Waals surface area contributed by atoms with Gasteiger partial charge in [0, 0.05) is 22.7 Å². The molecule has 2 rings (SSSR count). The molecule has 1 aromatic heterocycles. The van der Waals surface area contributed by atoms with Crippen LogP contribution < -0.4 is 0 Å². The second-order valence-corrected chi connectivity index (χ2v) is 6.34. The van der Waals surface area contributed by atoms with Crippen molar-refractivity contribution in [3.63, 3.8) is 0 Å². The Hall–Kier alpha value is -1.07. The summed E-state index contributed by atoms with van der Waals surface area (Å²) in [5.74, 6) is 0.738. The van der Waals surface area contributed by atoms with E-state index in [0.717, 1.165) is 0 Å². The van der Waals surface area contributed by atoms with Crippen LogP contribution >= 0.6 is 10.7 Å². The lowest BCUT2D eigenvalue weighted by Crippen LogP contribution is -1.89. The van der Waals surface area contributed by atoms with Crippen LogP contribution in [0.4, 0.5) is 0 Å². The largest absolute Gasteiger partial charge is 0.440 e. The number of aromatic nitrogens is 1. The Kier molecular flexibility index (Phi) is 2.67. The van der Waals surface area contributed by atoms with E-state index in [9.17, 15) is 8.42 Å². The van der Waals surface area contributed by atoms with Gasteiger partial charge >= 0.3 is 0 Å². The minimum atomic E-state index is -3.72. The van der Waals surface area contributed by atoms with Crippen molar-refractivity contribution < 1.29 is 12.8 Å². The fourth-order valence-electron chi connectivity index (χ4n) is 1.32. The second-order valence-electron chi connectivity index (χ2n) is 3.77. The number of benzene rings is 1. The number of rotatable bonds is 2. The molecule has 0 bridgehead atoms. The molecule has 1 aromatic carbocycles. The van der Waals surface area contributed by atoms with Crippen molar-refractivity contribution in [3.05, 3.63) is 24.1 Å². The average Bonchev–Trinajstić information content (AvgIpc) is 2.58. The van der Waals surface area contributed by atoms with Gasteiger partial charge in [0.1, 0.15) is 5.52 Å². The third kappa shape index (κ3) is 2.05. The van der Waals surface area contributed by atoms with E-state index >= 15 is 0 Å². The van der Waals surface area contributed by atoms with Gasteiger partial charge in [-0.1, -0.05) is 13.8 Å². The Morgan fingerprint density at radius 3 is 2.62 bits per heavy atom. The standard InChI is InChI=1S/C10H10ClNO3S/c1-6(2)10-12-8-4-3-7(16(11,13)14)5-9(8)15-10/h3-6H,1-2H3. The van der Waals surface area contributed by atoms with Crippen molar-refractivity contribution in [2.24, 2.45) is 0 Å². The molecule has 0 radical (unpaired) electrons. The van der Waals surface area contributed by atoms with Crippen LogP contribution in [0.3, 0.4) is 0 Å². The first-order valence-corrected chi connectivity index (χ1v) is 7.04. The van der Waals surface area contributed by atoms with Gasteiger partial charge in [-0.3, -0.25) is 0 Å². The molecule has 0 aliphatic heterocycles. The van der Waals surface area contributed by atoms with E-state index < -0.39 is 9.05 Å². The van der Waals surface area contributed by atoms with Crippen LogP contribution in [-0.2, 0) is 9.05 Å². The molecule has 0 spiro atoms. The number of hydrogen-bond donors (Lipinski definition) is 0. The Bertz CT molecular complexity index is 631. The van der Waals surface area contributed by atoms with Gasteiger partial charge in [0.05, 0.1) is 4.90 Å². The highest BCUT2D eigenvalue weighted by Gasteiger charge is 2.14. The van der Waals surface area contributed by atoms with Crippen molar-refractivity contribution in [1.29, 1.82) is 0 Å². The van der Waals surface area contributed by atoms with Crippen LogP contribution in [0.2, 0.25) is 0 Å². The number of nitrogens with zero attached hydrogens (tertiary/aromatic N) is 1. The summed E-state index contributed by atoms with van der Waals surface area (Å²) >= 11 is 0. The predicted octanol–water partition coefficient (Wildman–Crippen LogP) is 2.88. The molecule has 16 heavy (non-hydrogen) atoms. The first kappa shape index (κ1) is 11.4. The lowest BCUT2D eigenvalue weighted by Gasteiger charge is -1.94. The molecule has 0 amide bonds. The highest BCUT2D eigenvalue weighted by molar-refractivity contribution is 8.13. The molecule has 6 heteroatoms. The normalized spacial score (nSPS) is 12.5. The number of oxazole rings is 1. The summed E-state index contributed by atoms with van der Waals surface area (Å²) < 4.78 is 27.7. The van der Waals surface area contributed by atoms with Crippen LogP contribution in [0, 0.1) is 0 Å². The van der Waals surface area contributed by atoms with Crippen molar-refractivity contribution in [2.75, 3.05) is 0 Å². The maximum atomic E-state index is 11.1. The summed E-state index contributed by atoms with van der Waals surface area (Å²) in [6, 6.07) is 4.38. The molecule has 86 valence electrons. The molecular weight excluding hydrogens is 250 g/mol. The monoisotopic (exact) mass is 259 g/mol. The molecule has 0 aliphatic rings. The molecule has 2 aromatic rings. The molecule has 4 nitrogen and oxygen atoms in total. The minimum Gasteiger partial charge on any atom is -0.440 e. The molecule has 0 atom stereocenters. The zero-order chi connectivity index (χ0) is 11.9. The summed E-state index contributed by atoms with van der Waals surface area (Å²) in [6.45, 7) is 3.90. The van der Waals surface area contributed by atoms with Gasteiger partial charge < -0.3 is 4.42 Å². The summed E-state index contributed by atoms with van der Waals surface area (Å²) in [5.41, 5.74) is 1.07. The summed E-state index contributed by atoms with van der Waals surface area (Å²) in [6.07, 6.45) is 0. The van der Waals surface area contributed by atoms with E-state index in [1.807, 2.05) is 13.8 Å². The smallest absolute Gasteiger partial charge is 0.261 e. The molecule has 0 aliphatic carbocycles. The topological polar surface area (TPSA) is 60.2 Å². The minimum absolute atomic E-state index is 0.0214. The molecular formula is C10H10ClNO3S. The van der Waals surface area contributed by atoms with E-state index in [1.165, 1.54) is 12.1 Å². The molecule has 0 saturated heterocycles. The van der Waals surface area contributed by atoms with Gasteiger partial charge in [0.2, 0.25) is 0 Å². The first-order chi connectivity index (χ1) is 7.38. The van der Waals surface area contributed by atoms with Gasteiger partial charge in [0.25, 0.3) is 9.05 Å². The fraction of sp³-hybridized carbons (Fsp3) is 0.300. The third-order valence-corrected chi connectivity index (χ3v) is 3.50. The van der Waals surface area contributed by atoms with E-state index in [1.54, 1.807) is 6.07 Å². The first-order valence-electron chi connectivity index (χ1n) is 4.73. The number of hydrogen-bond acceptors (Lipinski definition) is 4. The SMILES string of the molecule is CC(C)c1nc2ccc(S(=O)(=O)Cl)cc2o1. The number of fused-ring (bicyclic) bond motifs is 1. The van der Waals surface area contributed by atoms with Gasteiger partial charge in [-0.05, 0) is 12.1 Å². The lowest BCUT2D eigenvalue weighted by atomic mass is 10.2. The Balaban J connectivity index is 2.63. The highest BCUT2D eigenvalue weighted by atomic mass is 35.7. The zero-order valence-corrected chi connectivity index (χ0v) is 10.3. The Labute approximate surface area is 97.7 Å². The van der Waals surface area contributed by atoms with Crippen LogP contribution in [-0.4, -0.2) is 13.4 Å². The summed E-state index contributed by atoms with van der Waals surface area (Å²) in [7, 11) is 1.52. The van der Waals surface area contributed by atoms with E-state index in [4.69, 9.17) is 15.1 Å². The van der Waals surface area contributed by atoms with Gasteiger partial charge in [-0.2, -0.15) is 0 Å². The Morgan fingerprint density at radius 2 is 2.06 bits per heavy atom. The van der Waals surface area contributed by atoms with Crippen LogP contribution in [0.1, 0.15) is 25.7 Å². The van der Waals surface area contributed by atoms with E-state index in [-0.39, 0.29) is 10.8 Å². The van der Waals surface area contributed by atoms with Gasteiger partial charge in [-0.25, -0.2) is 13.4 Å². The number of halogens is 1. The van der Waals surface area contributed by atoms with Gasteiger partial charge in [0.15, 0.2) is 11.5 Å². The van der Waals surface area contributed by atoms with Crippen molar-refractivity contribution >= 4 is 30.8 Å². The van der Waals surface area contributed by atoms with Gasteiger partial charge in [-0.15, -0.1) is 0 Å². The van der Waals surface area contributed by atoms with Crippen molar-refractivity contribution in [1.82, 2.24) is 4.98 Å². The fourth-order valence-corrected chi connectivity index (χ4v) is 2.09. The molecule has 0 unspecified atom stereocenters. The average molecular weight is 260 g/mol. The Morgan fingerprint density at radius 1 is 1.38 bits per heavy atom. The predicted molar refractivity (Wildman–Crippen MR) is 61.1 cm³/mol. The molecule has 0 N–H and O–H groups in total. The maximum absolute atomic E-state index is 11.1. The van der Waals surface area contributed by atoms with E-state index in [2.05, 4.69) is 4.98 Å². The summed E-state index contributed by atoms with van der Waals surface area (Å²) in [4.78, 5) is 4.25. The lowest BCUT2D eigenvalue weighted by molar-refractivity contribution is 0.501. The second kappa shape index (κ2) is 3.75. The zero-order valence-electron chi connectivity index (χ0n) is 8.77.